The summed E-state index contributed by atoms with van der Waals surface area (Å²) in [5.41, 5.74) is 3.23. The van der Waals surface area contributed by atoms with Gasteiger partial charge in [0.2, 0.25) is 0 Å². The summed E-state index contributed by atoms with van der Waals surface area (Å²) in [6, 6.07) is 8.15. The largest absolute Gasteiger partial charge is 0.316 e. The molecule has 2 aromatic heterocycles. The Morgan fingerprint density at radius 1 is 1.26 bits per heavy atom. The molecule has 3 heterocycles. The van der Waals surface area contributed by atoms with Crippen molar-refractivity contribution < 1.29 is 0 Å². The number of nitrogens with zero attached hydrogens (tertiary/aromatic N) is 6. The molecule has 1 fully saturated rings. The number of aromatic nitrogens is 6. The van der Waals surface area contributed by atoms with Crippen molar-refractivity contribution in [1.82, 2.24) is 35.1 Å². The Bertz CT molecular complexity index is 756. The first-order valence-corrected chi connectivity index (χ1v) is 7.94. The van der Waals surface area contributed by atoms with E-state index in [0.29, 0.717) is 12.5 Å². The van der Waals surface area contributed by atoms with E-state index in [1.807, 2.05) is 22.9 Å². The van der Waals surface area contributed by atoms with Crippen LogP contribution in [0.1, 0.15) is 30.0 Å². The molecule has 1 aromatic carbocycles. The minimum Gasteiger partial charge on any atom is -0.316 e. The van der Waals surface area contributed by atoms with E-state index in [1.165, 1.54) is 12.8 Å². The maximum atomic E-state index is 4.37. The van der Waals surface area contributed by atoms with E-state index >= 15 is 0 Å². The number of rotatable bonds is 4. The molecule has 4 rings (SSSR count). The Kier molecular flexibility index (Phi) is 3.85. The summed E-state index contributed by atoms with van der Waals surface area (Å²) in [6.45, 7) is 2.77. The van der Waals surface area contributed by atoms with Gasteiger partial charge in [-0.15, -0.1) is 5.10 Å². The standard InChI is InChI=1S/C16H19N7/c1-2-6-16(23-12-18-11-19-23)14(4-1)9-22-10-15(20-21-22)13-5-3-7-17-8-13/h1-2,4,6,10-13,17H,3,5,7-9H2/t13-/m1/s1. The highest BCUT2D eigenvalue weighted by molar-refractivity contribution is 5.39. The van der Waals surface area contributed by atoms with E-state index in [0.717, 1.165) is 30.0 Å². The Morgan fingerprint density at radius 2 is 2.22 bits per heavy atom. The lowest BCUT2D eigenvalue weighted by Gasteiger charge is -2.20. The first kappa shape index (κ1) is 14.1. The minimum absolute atomic E-state index is 0.475. The second-order valence-electron chi connectivity index (χ2n) is 5.85. The third-order valence-corrected chi connectivity index (χ3v) is 4.26. The summed E-state index contributed by atoms with van der Waals surface area (Å²) in [4.78, 5) is 4.02. The fourth-order valence-corrected chi connectivity index (χ4v) is 3.06. The molecule has 1 aliphatic rings. The van der Waals surface area contributed by atoms with Crippen LogP contribution in [0.15, 0.2) is 43.1 Å². The van der Waals surface area contributed by atoms with Crippen LogP contribution in [0.3, 0.4) is 0 Å². The molecule has 1 N–H and O–H groups in total. The molecule has 1 aliphatic heterocycles. The monoisotopic (exact) mass is 309 g/mol. The molecular formula is C16H19N7. The van der Waals surface area contributed by atoms with Gasteiger partial charge >= 0.3 is 0 Å². The average molecular weight is 309 g/mol. The van der Waals surface area contributed by atoms with Gasteiger partial charge in [-0.25, -0.2) is 14.3 Å². The molecule has 7 nitrogen and oxygen atoms in total. The first-order valence-electron chi connectivity index (χ1n) is 7.94. The smallest absolute Gasteiger partial charge is 0.138 e. The topological polar surface area (TPSA) is 73.5 Å². The van der Waals surface area contributed by atoms with Crippen molar-refractivity contribution in [2.75, 3.05) is 13.1 Å². The maximum Gasteiger partial charge on any atom is 0.138 e. The number of piperidine rings is 1. The summed E-state index contributed by atoms with van der Waals surface area (Å²) in [6.07, 6.45) is 7.70. The molecule has 0 amide bonds. The Labute approximate surface area is 134 Å². The van der Waals surface area contributed by atoms with Crippen molar-refractivity contribution in [1.29, 1.82) is 0 Å². The van der Waals surface area contributed by atoms with E-state index in [1.54, 1.807) is 17.3 Å². The van der Waals surface area contributed by atoms with Crippen molar-refractivity contribution in [3.8, 4) is 5.69 Å². The molecule has 1 atom stereocenters. The lowest BCUT2D eigenvalue weighted by Crippen LogP contribution is -2.28. The number of para-hydroxylation sites is 1. The van der Waals surface area contributed by atoms with Gasteiger partial charge in [0, 0.05) is 18.7 Å². The lowest BCUT2D eigenvalue weighted by atomic mass is 9.97. The SMILES string of the molecule is c1ccc(-n2cncn2)c(Cn2cc([C@@H]3CCCNC3)nn2)c1. The predicted molar refractivity (Wildman–Crippen MR) is 85.3 cm³/mol. The Morgan fingerprint density at radius 3 is 3.04 bits per heavy atom. The highest BCUT2D eigenvalue weighted by Gasteiger charge is 2.18. The Hall–Kier alpha value is -2.54. The number of hydrogen-bond acceptors (Lipinski definition) is 5. The molecule has 3 aromatic rings. The minimum atomic E-state index is 0.475. The van der Waals surface area contributed by atoms with Gasteiger partial charge in [0.05, 0.1) is 17.9 Å². The van der Waals surface area contributed by atoms with Gasteiger partial charge in [-0.3, -0.25) is 0 Å². The van der Waals surface area contributed by atoms with E-state index in [9.17, 15) is 0 Å². The summed E-state index contributed by atoms with van der Waals surface area (Å²) < 4.78 is 3.68. The zero-order valence-corrected chi connectivity index (χ0v) is 12.8. The molecule has 1 saturated heterocycles. The summed E-state index contributed by atoms with van der Waals surface area (Å²) in [5.74, 6) is 0.475. The normalized spacial score (nSPS) is 18.2. The van der Waals surface area contributed by atoms with Crippen LogP contribution in [0.4, 0.5) is 0 Å². The molecule has 0 bridgehead atoms. The van der Waals surface area contributed by atoms with Gasteiger partial charge in [-0.2, -0.15) is 5.10 Å². The van der Waals surface area contributed by atoms with Gasteiger partial charge in [0.1, 0.15) is 12.7 Å². The second-order valence-corrected chi connectivity index (χ2v) is 5.85. The van der Waals surface area contributed by atoms with E-state index in [-0.39, 0.29) is 0 Å². The van der Waals surface area contributed by atoms with Gasteiger partial charge in [0.25, 0.3) is 0 Å². The van der Waals surface area contributed by atoms with Crippen LogP contribution in [0.2, 0.25) is 0 Å². The fraction of sp³-hybridized carbons (Fsp3) is 0.375. The highest BCUT2D eigenvalue weighted by Crippen LogP contribution is 2.21. The fourth-order valence-electron chi connectivity index (χ4n) is 3.06. The molecule has 0 radical (unpaired) electrons. The Balaban J connectivity index is 1.56. The molecule has 0 saturated carbocycles. The molecule has 7 heteroatoms. The van der Waals surface area contributed by atoms with Crippen LogP contribution in [0.25, 0.3) is 5.69 Å². The number of nitrogens with one attached hydrogen (secondary N) is 1. The van der Waals surface area contributed by atoms with Crippen molar-refractivity contribution >= 4 is 0 Å². The first-order chi connectivity index (χ1) is 11.4. The van der Waals surface area contributed by atoms with Crippen LogP contribution >= 0.6 is 0 Å². The third kappa shape index (κ3) is 3.00. The maximum absolute atomic E-state index is 4.37. The van der Waals surface area contributed by atoms with Crippen LogP contribution in [-0.2, 0) is 6.54 Å². The summed E-state index contributed by atoms with van der Waals surface area (Å²) in [5, 5.41) is 16.3. The van der Waals surface area contributed by atoms with Gasteiger partial charge in [0.15, 0.2) is 0 Å². The van der Waals surface area contributed by atoms with Crippen molar-refractivity contribution in [3.05, 3.63) is 54.4 Å². The van der Waals surface area contributed by atoms with Gasteiger partial charge in [-0.05, 0) is 31.0 Å². The number of hydrogen-bond donors (Lipinski definition) is 1. The third-order valence-electron chi connectivity index (χ3n) is 4.26. The molecule has 0 spiro atoms. The highest BCUT2D eigenvalue weighted by atomic mass is 15.4. The van der Waals surface area contributed by atoms with Crippen LogP contribution in [-0.4, -0.2) is 42.8 Å². The zero-order chi connectivity index (χ0) is 15.5. The van der Waals surface area contributed by atoms with Gasteiger partial charge < -0.3 is 5.32 Å². The van der Waals surface area contributed by atoms with Crippen molar-refractivity contribution in [3.63, 3.8) is 0 Å². The van der Waals surface area contributed by atoms with Crippen LogP contribution in [0, 0.1) is 0 Å². The summed E-state index contributed by atoms with van der Waals surface area (Å²) in [7, 11) is 0. The molecule has 118 valence electrons. The van der Waals surface area contributed by atoms with E-state index in [4.69, 9.17) is 0 Å². The molecule has 0 aliphatic carbocycles. The molecule has 23 heavy (non-hydrogen) atoms. The van der Waals surface area contributed by atoms with E-state index in [2.05, 4.69) is 38.0 Å². The van der Waals surface area contributed by atoms with Crippen LogP contribution in [0.5, 0.6) is 0 Å². The summed E-state index contributed by atoms with van der Waals surface area (Å²) >= 11 is 0. The van der Waals surface area contributed by atoms with Crippen LogP contribution < -0.4 is 5.32 Å². The lowest BCUT2D eigenvalue weighted by molar-refractivity contribution is 0.454. The van der Waals surface area contributed by atoms with Gasteiger partial charge in [-0.1, -0.05) is 23.4 Å². The van der Waals surface area contributed by atoms with Crippen molar-refractivity contribution in [2.24, 2.45) is 0 Å². The van der Waals surface area contributed by atoms with E-state index < -0.39 is 0 Å². The quantitative estimate of drug-likeness (QED) is 0.788. The van der Waals surface area contributed by atoms with Crippen molar-refractivity contribution in [2.45, 2.75) is 25.3 Å². The molecule has 0 unspecified atom stereocenters. The number of benzene rings is 1. The second kappa shape index (κ2) is 6.29. The zero-order valence-electron chi connectivity index (χ0n) is 12.8. The predicted octanol–water partition coefficient (Wildman–Crippen LogP) is 1.37. The molecular weight excluding hydrogens is 290 g/mol. The average Bonchev–Trinajstić information content (AvgIpc) is 3.28.